The van der Waals surface area contributed by atoms with Crippen LogP contribution in [0.3, 0.4) is 0 Å². The lowest BCUT2D eigenvalue weighted by Crippen LogP contribution is -2.37. The monoisotopic (exact) mass is 269 g/mol. The normalized spacial score (nSPS) is 16.1. The summed E-state index contributed by atoms with van der Waals surface area (Å²) in [5.41, 5.74) is 0. The van der Waals surface area contributed by atoms with E-state index in [1.165, 1.54) is 11.3 Å². The summed E-state index contributed by atoms with van der Waals surface area (Å²) in [5.74, 6) is -0.143. The van der Waals surface area contributed by atoms with Crippen LogP contribution in [0.4, 0.5) is 0 Å². The van der Waals surface area contributed by atoms with E-state index >= 15 is 0 Å². The van der Waals surface area contributed by atoms with Crippen LogP contribution in [-0.4, -0.2) is 30.1 Å². The zero-order valence-corrected chi connectivity index (χ0v) is 10.8. The van der Waals surface area contributed by atoms with E-state index in [4.69, 9.17) is 9.84 Å². The van der Waals surface area contributed by atoms with E-state index in [0.717, 1.165) is 12.8 Å². The third-order valence-corrected chi connectivity index (χ3v) is 3.84. The van der Waals surface area contributed by atoms with Crippen molar-refractivity contribution in [3.05, 3.63) is 16.3 Å². The van der Waals surface area contributed by atoms with Crippen LogP contribution >= 0.6 is 11.3 Å². The molecule has 0 saturated heterocycles. The van der Waals surface area contributed by atoms with Crippen molar-refractivity contribution in [2.75, 3.05) is 7.11 Å². The molecule has 0 radical (unpaired) electrons. The maximum absolute atomic E-state index is 11.9. The van der Waals surface area contributed by atoms with Crippen LogP contribution in [0.2, 0.25) is 0 Å². The standard InChI is InChI=1S/C12H15NO4S/c1-17-8-4-10(18-6-8)12(16)13-9(5-11(14)15)7-2-3-7/h4,6-7,9H,2-3,5H2,1H3,(H,13,16)(H,14,15). The molecule has 1 fully saturated rings. The van der Waals surface area contributed by atoms with Crippen molar-refractivity contribution < 1.29 is 19.4 Å². The van der Waals surface area contributed by atoms with E-state index in [9.17, 15) is 9.59 Å². The van der Waals surface area contributed by atoms with Crippen LogP contribution in [0.1, 0.15) is 28.9 Å². The average Bonchev–Trinajstić information content (AvgIpc) is 3.05. The van der Waals surface area contributed by atoms with Gasteiger partial charge in [-0.2, -0.15) is 0 Å². The van der Waals surface area contributed by atoms with Gasteiger partial charge in [-0.15, -0.1) is 11.3 Å². The number of thiophene rings is 1. The van der Waals surface area contributed by atoms with Crippen molar-refractivity contribution in [3.63, 3.8) is 0 Å². The first-order valence-electron chi connectivity index (χ1n) is 5.75. The molecule has 1 heterocycles. The fourth-order valence-electron chi connectivity index (χ4n) is 1.81. The van der Waals surface area contributed by atoms with Gasteiger partial charge in [-0.3, -0.25) is 9.59 Å². The average molecular weight is 269 g/mol. The molecule has 1 atom stereocenters. The molecule has 0 bridgehead atoms. The zero-order valence-electron chi connectivity index (χ0n) is 10.0. The summed E-state index contributed by atoms with van der Waals surface area (Å²) < 4.78 is 5.01. The van der Waals surface area contributed by atoms with E-state index in [2.05, 4.69) is 5.32 Å². The highest BCUT2D eigenvalue weighted by Crippen LogP contribution is 2.34. The number of carbonyl (C=O) groups is 2. The lowest BCUT2D eigenvalue weighted by atomic mass is 10.1. The van der Waals surface area contributed by atoms with Gasteiger partial charge in [0.2, 0.25) is 0 Å². The molecule has 1 aliphatic rings. The van der Waals surface area contributed by atoms with Gasteiger partial charge in [-0.1, -0.05) is 0 Å². The molecule has 1 aromatic rings. The molecule has 98 valence electrons. The predicted molar refractivity (Wildman–Crippen MR) is 67.1 cm³/mol. The van der Waals surface area contributed by atoms with Crippen molar-refractivity contribution >= 4 is 23.2 Å². The van der Waals surface area contributed by atoms with Gasteiger partial charge in [0, 0.05) is 17.5 Å². The Labute approximate surface area is 109 Å². The number of nitrogens with one attached hydrogen (secondary N) is 1. The fourth-order valence-corrected chi connectivity index (χ4v) is 2.56. The zero-order chi connectivity index (χ0) is 13.1. The number of carboxylic acid groups (broad SMARTS) is 1. The molecule has 1 unspecified atom stereocenters. The smallest absolute Gasteiger partial charge is 0.305 e. The Morgan fingerprint density at radius 2 is 2.33 bits per heavy atom. The van der Waals surface area contributed by atoms with Crippen molar-refractivity contribution in [2.24, 2.45) is 5.92 Å². The van der Waals surface area contributed by atoms with Crippen LogP contribution in [0, 0.1) is 5.92 Å². The summed E-state index contributed by atoms with van der Waals surface area (Å²) in [6.45, 7) is 0. The number of carboxylic acids is 1. The van der Waals surface area contributed by atoms with Crippen LogP contribution in [-0.2, 0) is 4.79 Å². The number of rotatable bonds is 6. The predicted octanol–water partition coefficient (Wildman–Crippen LogP) is 1.74. The molecule has 2 rings (SSSR count). The molecule has 0 aliphatic heterocycles. The summed E-state index contributed by atoms with van der Waals surface area (Å²) in [5, 5.41) is 13.4. The molecule has 1 saturated carbocycles. The van der Waals surface area contributed by atoms with Gasteiger partial charge >= 0.3 is 5.97 Å². The molecular weight excluding hydrogens is 254 g/mol. The second kappa shape index (κ2) is 5.39. The molecular formula is C12H15NO4S. The number of hydrogen-bond acceptors (Lipinski definition) is 4. The van der Waals surface area contributed by atoms with Crippen molar-refractivity contribution in [1.29, 1.82) is 0 Å². The van der Waals surface area contributed by atoms with Crippen LogP contribution in [0.5, 0.6) is 5.75 Å². The molecule has 0 spiro atoms. The highest BCUT2D eigenvalue weighted by atomic mass is 32.1. The summed E-state index contributed by atoms with van der Waals surface area (Å²) in [7, 11) is 1.54. The topological polar surface area (TPSA) is 75.6 Å². The van der Waals surface area contributed by atoms with Crippen LogP contribution in [0.15, 0.2) is 11.4 Å². The molecule has 5 nitrogen and oxygen atoms in total. The van der Waals surface area contributed by atoms with Gasteiger partial charge in [0.05, 0.1) is 18.4 Å². The number of methoxy groups -OCH3 is 1. The molecule has 0 aromatic carbocycles. The van der Waals surface area contributed by atoms with E-state index in [1.54, 1.807) is 18.6 Å². The van der Waals surface area contributed by atoms with E-state index in [1.807, 2.05) is 0 Å². The fraction of sp³-hybridized carbons (Fsp3) is 0.500. The first-order valence-corrected chi connectivity index (χ1v) is 6.63. The van der Waals surface area contributed by atoms with Gasteiger partial charge in [0.1, 0.15) is 5.75 Å². The Hall–Kier alpha value is -1.56. The lowest BCUT2D eigenvalue weighted by Gasteiger charge is -2.15. The molecule has 1 aliphatic carbocycles. The minimum Gasteiger partial charge on any atom is -0.496 e. The molecule has 6 heteroatoms. The number of hydrogen-bond donors (Lipinski definition) is 2. The number of amides is 1. The van der Waals surface area contributed by atoms with Crippen molar-refractivity contribution in [1.82, 2.24) is 5.32 Å². The van der Waals surface area contributed by atoms with Gasteiger partial charge in [0.25, 0.3) is 5.91 Å². The largest absolute Gasteiger partial charge is 0.496 e. The second-order valence-electron chi connectivity index (χ2n) is 4.37. The molecule has 2 N–H and O–H groups in total. The number of aliphatic carboxylic acids is 1. The van der Waals surface area contributed by atoms with Gasteiger partial charge in [0.15, 0.2) is 0 Å². The highest BCUT2D eigenvalue weighted by Gasteiger charge is 2.34. The molecule has 1 amide bonds. The van der Waals surface area contributed by atoms with Crippen molar-refractivity contribution in [3.8, 4) is 5.75 Å². The number of ether oxygens (including phenoxy) is 1. The van der Waals surface area contributed by atoms with Crippen LogP contribution < -0.4 is 10.1 Å². The van der Waals surface area contributed by atoms with Crippen molar-refractivity contribution in [2.45, 2.75) is 25.3 Å². The minimum absolute atomic E-state index is 0.0150. The summed E-state index contributed by atoms with van der Waals surface area (Å²) in [6.07, 6.45) is 1.97. The third kappa shape index (κ3) is 3.22. The maximum atomic E-state index is 11.9. The van der Waals surface area contributed by atoms with E-state index in [-0.39, 0.29) is 18.4 Å². The van der Waals surface area contributed by atoms with Gasteiger partial charge < -0.3 is 15.2 Å². The summed E-state index contributed by atoms with van der Waals surface area (Å²) in [4.78, 5) is 23.2. The van der Waals surface area contributed by atoms with E-state index in [0.29, 0.717) is 16.5 Å². The Morgan fingerprint density at radius 3 is 2.83 bits per heavy atom. The second-order valence-corrected chi connectivity index (χ2v) is 5.28. The minimum atomic E-state index is -0.879. The molecule has 1 aromatic heterocycles. The SMILES string of the molecule is COc1csc(C(=O)NC(CC(=O)O)C2CC2)c1. The summed E-state index contributed by atoms with van der Waals surface area (Å²) >= 11 is 1.29. The molecule has 18 heavy (non-hydrogen) atoms. The lowest BCUT2D eigenvalue weighted by molar-refractivity contribution is -0.137. The Bertz CT molecular complexity index is 453. The van der Waals surface area contributed by atoms with E-state index < -0.39 is 5.97 Å². The number of carbonyl (C=O) groups excluding carboxylic acids is 1. The van der Waals surface area contributed by atoms with Gasteiger partial charge in [-0.05, 0) is 18.8 Å². The first kappa shape index (κ1) is 12.9. The Balaban J connectivity index is 1.97. The third-order valence-electron chi connectivity index (χ3n) is 2.94. The quantitative estimate of drug-likeness (QED) is 0.824. The maximum Gasteiger partial charge on any atom is 0.305 e. The Kier molecular flexibility index (Phi) is 3.86. The van der Waals surface area contributed by atoms with Gasteiger partial charge in [-0.25, -0.2) is 0 Å². The first-order chi connectivity index (χ1) is 8.60. The van der Waals surface area contributed by atoms with Crippen LogP contribution in [0.25, 0.3) is 0 Å². The Morgan fingerprint density at radius 1 is 1.61 bits per heavy atom. The summed E-state index contributed by atoms with van der Waals surface area (Å²) in [6, 6.07) is 1.40. The highest BCUT2D eigenvalue weighted by molar-refractivity contribution is 7.12.